The van der Waals surface area contributed by atoms with Crippen LogP contribution in [0, 0.1) is 0 Å². The Labute approximate surface area is 102 Å². The summed E-state index contributed by atoms with van der Waals surface area (Å²) in [5.41, 5.74) is 5.76. The van der Waals surface area contributed by atoms with E-state index in [2.05, 4.69) is 5.32 Å². The SMILES string of the molecule is CC1(C)OCC(CNC(=O)CC2(N)CCC2)O1. The molecule has 1 amide bonds. The third-order valence-corrected chi connectivity index (χ3v) is 3.46. The van der Waals surface area contributed by atoms with Gasteiger partial charge >= 0.3 is 0 Å². The highest BCUT2D eigenvalue weighted by Gasteiger charge is 2.36. The number of rotatable bonds is 4. The number of carbonyl (C=O) groups is 1. The molecule has 1 saturated carbocycles. The lowest BCUT2D eigenvalue weighted by molar-refractivity contribution is -0.139. The highest BCUT2D eigenvalue weighted by Crippen LogP contribution is 2.31. The van der Waals surface area contributed by atoms with Gasteiger partial charge in [0, 0.05) is 18.5 Å². The molecule has 0 bridgehead atoms. The van der Waals surface area contributed by atoms with Gasteiger partial charge in [0.05, 0.1) is 6.61 Å². The van der Waals surface area contributed by atoms with E-state index >= 15 is 0 Å². The van der Waals surface area contributed by atoms with Crippen LogP contribution in [0.3, 0.4) is 0 Å². The van der Waals surface area contributed by atoms with Gasteiger partial charge in [-0.2, -0.15) is 0 Å². The summed E-state index contributed by atoms with van der Waals surface area (Å²) in [7, 11) is 0. The molecule has 2 fully saturated rings. The van der Waals surface area contributed by atoms with E-state index < -0.39 is 5.79 Å². The van der Waals surface area contributed by atoms with Gasteiger partial charge < -0.3 is 20.5 Å². The molecule has 0 radical (unpaired) electrons. The predicted octanol–water partition coefficient (Wildman–Crippen LogP) is 0.526. The standard InChI is InChI=1S/C12H22N2O3/c1-11(2)16-8-9(17-11)7-14-10(15)6-12(13)4-3-5-12/h9H,3-8,13H2,1-2H3,(H,14,15). The molecule has 2 aliphatic rings. The number of nitrogens with one attached hydrogen (secondary N) is 1. The van der Waals surface area contributed by atoms with Gasteiger partial charge in [0.25, 0.3) is 0 Å². The van der Waals surface area contributed by atoms with Crippen molar-refractivity contribution in [2.75, 3.05) is 13.2 Å². The fourth-order valence-electron chi connectivity index (χ4n) is 2.28. The number of hydrogen-bond acceptors (Lipinski definition) is 4. The lowest BCUT2D eigenvalue weighted by Crippen LogP contribution is -2.50. The van der Waals surface area contributed by atoms with E-state index in [0.29, 0.717) is 19.6 Å². The average molecular weight is 242 g/mol. The van der Waals surface area contributed by atoms with Crippen molar-refractivity contribution in [3.8, 4) is 0 Å². The van der Waals surface area contributed by atoms with E-state index in [0.717, 1.165) is 19.3 Å². The molecule has 1 saturated heterocycles. The van der Waals surface area contributed by atoms with Crippen molar-refractivity contribution in [3.63, 3.8) is 0 Å². The molecular formula is C12H22N2O3. The Balaban J connectivity index is 1.66. The molecule has 0 spiro atoms. The van der Waals surface area contributed by atoms with Crippen LogP contribution < -0.4 is 11.1 Å². The fourth-order valence-corrected chi connectivity index (χ4v) is 2.28. The first kappa shape index (κ1) is 12.8. The van der Waals surface area contributed by atoms with Gasteiger partial charge in [0.2, 0.25) is 5.91 Å². The van der Waals surface area contributed by atoms with Crippen molar-refractivity contribution in [3.05, 3.63) is 0 Å². The zero-order valence-corrected chi connectivity index (χ0v) is 10.6. The number of hydrogen-bond donors (Lipinski definition) is 2. The van der Waals surface area contributed by atoms with Crippen LogP contribution in [0.4, 0.5) is 0 Å². The molecule has 1 heterocycles. The summed E-state index contributed by atoms with van der Waals surface area (Å²) >= 11 is 0. The number of ether oxygens (including phenoxy) is 2. The zero-order valence-electron chi connectivity index (χ0n) is 10.6. The molecule has 98 valence electrons. The maximum absolute atomic E-state index is 11.7. The molecule has 5 nitrogen and oxygen atoms in total. The third kappa shape index (κ3) is 3.40. The maximum Gasteiger partial charge on any atom is 0.221 e. The molecule has 0 aromatic rings. The Bertz CT molecular complexity index is 300. The Hall–Kier alpha value is -0.650. The third-order valence-electron chi connectivity index (χ3n) is 3.46. The summed E-state index contributed by atoms with van der Waals surface area (Å²) in [6.45, 7) is 4.77. The smallest absolute Gasteiger partial charge is 0.221 e. The first-order chi connectivity index (χ1) is 7.89. The largest absolute Gasteiger partial charge is 0.353 e. The zero-order chi connectivity index (χ0) is 12.5. The molecule has 1 aliphatic carbocycles. The normalized spacial score (nSPS) is 29.7. The van der Waals surface area contributed by atoms with Gasteiger partial charge in [-0.15, -0.1) is 0 Å². The van der Waals surface area contributed by atoms with Crippen LogP contribution in [0.2, 0.25) is 0 Å². The van der Waals surface area contributed by atoms with Gasteiger partial charge in [-0.3, -0.25) is 4.79 Å². The molecular weight excluding hydrogens is 220 g/mol. The number of amides is 1. The van der Waals surface area contributed by atoms with E-state index in [4.69, 9.17) is 15.2 Å². The van der Waals surface area contributed by atoms with E-state index in [-0.39, 0.29) is 17.6 Å². The van der Waals surface area contributed by atoms with Crippen LogP contribution in [0.5, 0.6) is 0 Å². The summed E-state index contributed by atoms with van der Waals surface area (Å²) < 4.78 is 11.0. The molecule has 1 aliphatic heterocycles. The Morgan fingerprint density at radius 3 is 2.65 bits per heavy atom. The first-order valence-corrected chi connectivity index (χ1v) is 6.26. The highest BCUT2D eigenvalue weighted by atomic mass is 16.7. The second kappa shape index (κ2) is 4.55. The van der Waals surface area contributed by atoms with Crippen molar-refractivity contribution < 1.29 is 14.3 Å². The second-order valence-corrected chi connectivity index (χ2v) is 5.65. The van der Waals surface area contributed by atoms with Crippen molar-refractivity contribution in [2.24, 2.45) is 5.73 Å². The lowest BCUT2D eigenvalue weighted by Gasteiger charge is -2.37. The first-order valence-electron chi connectivity index (χ1n) is 6.26. The van der Waals surface area contributed by atoms with Crippen LogP contribution in [0.25, 0.3) is 0 Å². The Morgan fingerprint density at radius 1 is 1.47 bits per heavy atom. The number of nitrogens with two attached hydrogens (primary N) is 1. The van der Waals surface area contributed by atoms with Crippen molar-refractivity contribution in [2.45, 2.75) is 57.0 Å². The summed E-state index contributed by atoms with van der Waals surface area (Å²) in [6.07, 6.45) is 3.41. The molecule has 0 aromatic carbocycles. The van der Waals surface area contributed by atoms with E-state index in [1.54, 1.807) is 0 Å². The van der Waals surface area contributed by atoms with Gasteiger partial charge in [0.1, 0.15) is 6.10 Å². The van der Waals surface area contributed by atoms with Crippen LogP contribution >= 0.6 is 0 Å². The van der Waals surface area contributed by atoms with Crippen molar-refractivity contribution in [1.82, 2.24) is 5.32 Å². The Morgan fingerprint density at radius 2 is 2.18 bits per heavy atom. The van der Waals surface area contributed by atoms with Gasteiger partial charge in [-0.25, -0.2) is 0 Å². The quantitative estimate of drug-likeness (QED) is 0.754. The molecule has 2 rings (SSSR count). The van der Waals surface area contributed by atoms with Gasteiger partial charge in [-0.05, 0) is 33.1 Å². The van der Waals surface area contributed by atoms with Crippen molar-refractivity contribution in [1.29, 1.82) is 0 Å². The van der Waals surface area contributed by atoms with Gasteiger partial charge in [0.15, 0.2) is 5.79 Å². The highest BCUT2D eigenvalue weighted by molar-refractivity contribution is 5.77. The fraction of sp³-hybridized carbons (Fsp3) is 0.917. The number of carbonyl (C=O) groups excluding carboxylic acids is 1. The average Bonchev–Trinajstić information content (AvgIpc) is 2.53. The predicted molar refractivity (Wildman–Crippen MR) is 63.3 cm³/mol. The second-order valence-electron chi connectivity index (χ2n) is 5.65. The maximum atomic E-state index is 11.7. The minimum atomic E-state index is -0.529. The van der Waals surface area contributed by atoms with Crippen LogP contribution in [0.15, 0.2) is 0 Å². The van der Waals surface area contributed by atoms with Crippen LogP contribution in [-0.2, 0) is 14.3 Å². The van der Waals surface area contributed by atoms with Gasteiger partial charge in [-0.1, -0.05) is 0 Å². The minimum absolute atomic E-state index is 0.0144. The molecule has 5 heteroatoms. The van der Waals surface area contributed by atoms with E-state index in [1.165, 1.54) is 0 Å². The molecule has 17 heavy (non-hydrogen) atoms. The molecule has 3 N–H and O–H groups in total. The molecule has 1 unspecified atom stereocenters. The Kier molecular flexibility index (Phi) is 3.43. The topological polar surface area (TPSA) is 73.6 Å². The monoisotopic (exact) mass is 242 g/mol. The summed E-state index contributed by atoms with van der Waals surface area (Å²) in [6, 6.07) is 0. The van der Waals surface area contributed by atoms with E-state index in [9.17, 15) is 4.79 Å². The lowest BCUT2D eigenvalue weighted by atomic mass is 9.75. The summed E-state index contributed by atoms with van der Waals surface area (Å²) in [5.74, 6) is -0.515. The van der Waals surface area contributed by atoms with Crippen molar-refractivity contribution >= 4 is 5.91 Å². The summed E-state index contributed by atoms with van der Waals surface area (Å²) in [5, 5.41) is 2.86. The van der Waals surface area contributed by atoms with Crippen LogP contribution in [0.1, 0.15) is 39.5 Å². The van der Waals surface area contributed by atoms with Crippen LogP contribution in [-0.4, -0.2) is 36.5 Å². The molecule has 0 aromatic heterocycles. The summed E-state index contributed by atoms with van der Waals surface area (Å²) in [4.78, 5) is 11.7. The minimum Gasteiger partial charge on any atom is -0.353 e. The molecule has 1 atom stereocenters. The van der Waals surface area contributed by atoms with E-state index in [1.807, 2.05) is 13.8 Å².